The van der Waals surface area contributed by atoms with Gasteiger partial charge in [-0.1, -0.05) is 52.4 Å². The van der Waals surface area contributed by atoms with Gasteiger partial charge in [0.15, 0.2) is 5.79 Å². The summed E-state index contributed by atoms with van der Waals surface area (Å²) in [6.07, 6.45) is 13.2. The fourth-order valence-electron chi connectivity index (χ4n) is 3.51. The maximum Gasteiger partial charge on any atom is 0.167 e. The Hall–Kier alpha value is 0.350. The first kappa shape index (κ1) is 22.4. The van der Waals surface area contributed by atoms with Crippen molar-refractivity contribution in [3.05, 3.63) is 0 Å². The van der Waals surface area contributed by atoms with Gasteiger partial charge in [0.05, 0.1) is 0 Å². The Morgan fingerprint density at radius 3 is 2.05 bits per heavy atom. The van der Waals surface area contributed by atoms with E-state index in [1.54, 1.807) is 14.2 Å². The average molecular weight is 333 g/mol. The van der Waals surface area contributed by atoms with Gasteiger partial charge in [-0.15, -0.1) is 8.58 Å². The fourth-order valence-corrected chi connectivity index (χ4v) is 4.07. The number of unbranched alkanes of at least 4 members (excludes halogenated alkanes) is 4. The van der Waals surface area contributed by atoms with E-state index in [4.69, 9.17) is 9.47 Å². The van der Waals surface area contributed by atoms with Crippen molar-refractivity contribution in [3.63, 3.8) is 0 Å². The van der Waals surface area contributed by atoms with Crippen molar-refractivity contribution in [2.45, 2.75) is 84.3 Å². The maximum absolute atomic E-state index is 5.79. The second-order valence-electron chi connectivity index (χ2n) is 6.65. The molecule has 0 amide bonds. The lowest BCUT2D eigenvalue weighted by Gasteiger charge is -2.40. The predicted octanol–water partition coefficient (Wildman–Crippen LogP) is 6.09. The summed E-state index contributed by atoms with van der Waals surface area (Å²) in [6.45, 7) is 9.04. The molecule has 0 aromatic heterocycles. The molecule has 0 aromatic carbocycles. The van der Waals surface area contributed by atoms with E-state index in [0.29, 0.717) is 11.8 Å². The minimum absolute atomic E-state index is 0.430. The highest BCUT2D eigenvalue weighted by atomic mass is 31.1. The molecule has 0 bridgehead atoms. The predicted molar refractivity (Wildman–Crippen MR) is 101 cm³/mol. The smallest absolute Gasteiger partial charge is 0.167 e. The standard InChI is InChI=1S/C19H41O2P/c1-7-9-10-11-12-14-17(8-2)18(15-13-16-22-6)19(3,20-4)21-5/h17-18,22H,7-16H2,1-6H3. The van der Waals surface area contributed by atoms with Gasteiger partial charge in [0.2, 0.25) is 0 Å². The molecular formula is C19H41O2P. The first-order chi connectivity index (χ1) is 10.6. The van der Waals surface area contributed by atoms with Gasteiger partial charge in [-0.2, -0.15) is 0 Å². The largest absolute Gasteiger partial charge is 0.353 e. The number of methoxy groups -OCH3 is 2. The van der Waals surface area contributed by atoms with Crippen molar-refractivity contribution in [2.24, 2.45) is 11.8 Å². The number of hydrogen-bond acceptors (Lipinski definition) is 2. The van der Waals surface area contributed by atoms with Crippen LogP contribution in [0.25, 0.3) is 0 Å². The second kappa shape index (κ2) is 13.8. The summed E-state index contributed by atoms with van der Waals surface area (Å²) in [5, 5.41) is 0. The van der Waals surface area contributed by atoms with Gasteiger partial charge >= 0.3 is 0 Å². The maximum atomic E-state index is 5.79. The number of rotatable bonds is 15. The SMILES string of the molecule is CCCCCCCC(CC)C(CCCPC)C(C)(OC)OC. The Bertz CT molecular complexity index is 242. The van der Waals surface area contributed by atoms with Crippen LogP contribution in [-0.2, 0) is 9.47 Å². The van der Waals surface area contributed by atoms with Crippen LogP contribution in [0.4, 0.5) is 0 Å². The van der Waals surface area contributed by atoms with Gasteiger partial charge in [0.25, 0.3) is 0 Å². The van der Waals surface area contributed by atoms with Gasteiger partial charge in [0, 0.05) is 20.1 Å². The molecule has 0 saturated heterocycles. The lowest BCUT2D eigenvalue weighted by molar-refractivity contribution is -0.239. The molecule has 0 radical (unpaired) electrons. The Morgan fingerprint density at radius 2 is 1.55 bits per heavy atom. The highest BCUT2D eigenvalue weighted by molar-refractivity contribution is 7.36. The van der Waals surface area contributed by atoms with Crippen LogP contribution in [0.1, 0.15) is 78.6 Å². The van der Waals surface area contributed by atoms with Gasteiger partial charge in [-0.3, -0.25) is 0 Å². The average Bonchev–Trinajstić information content (AvgIpc) is 2.55. The van der Waals surface area contributed by atoms with E-state index >= 15 is 0 Å². The molecule has 3 heteroatoms. The van der Waals surface area contributed by atoms with E-state index < -0.39 is 5.79 Å². The van der Waals surface area contributed by atoms with Crippen LogP contribution in [0.3, 0.4) is 0 Å². The van der Waals surface area contributed by atoms with Crippen LogP contribution in [0.2, 0.25) is 0 Å². The fraction of sp³-hybridized carbons (Fsp3) is 1.00. The molecule has 0 aliphatic carbocycles. The van der Waals surface area contributed by atoms with Gasteiger partial charge in [-0.25, -0.2) is 0 Å². The van der Waals surface area contributed by atoms with Crippen molar-refractivity contribution in [3.8, 4) is 0 Å². The van der Waals surface area contributed by atoms with Crippen LogP contribution in [0.15, 0.2) is 0 Å². The quantitative estimate of drug-likeness (QED) is 0.205. The Kier molecular flexibility index (Phi) is 14.0. The van der Waals surface area contributed by atoms with E-state index in [1.807, 2.05) is 0 Å². The van der Waals surface area contributed by atoms with E-state index in [1.165, 1.54) is 63.9 Å². The van der Waals surface area contributed by atoms with E-state index in [-0.39, 0.29) is 0 Å². The molecule has 0 N–H and O–H groups in total. The summed E-state index contributed by atoms with van der Waals surface area (Å²) < 4.78 is 11.6. The Labute approximate surface area is 141 Å². The van der Waals surface area contributed by atoms with Crippen LogP contribution >= 0.6 is 8.58 Å². The zero-order valence-corrected chi connectivity index (χ0v) is 17.0. The molecule has 0 spiro atoms. The summed E-state index contributed by atoms with van der Waals surface area (Å²) in [6, 6.07) is 0. The van der Waals surface area contributed by atoms with Crippen LogP contribution in [-0.4, -0.2) is 32.8 Å². The van der Waals surface area contributed by atoms with E-state index in [2.05, 4.69) is 27.4 Å². The Morgan fingerprint density at radius 1 is 0.909 bits per heavy atom. The molecule has 0 aliphatic heterocycles. The normalized spacial score (nSPS) is 15.5. The van der Waals surface area contributed by atoms with Crippen molar-refractivity contribution in [1.29, 1.82) is 0 Å². The molecule has 2 nitrogen and oxygen atoms in total. The topological polar surface area (TPSA) is 18.5 Å². The van der Waals surface area contributed by atoms with Crippen LogP contribution in [0.5, 0.6) is 0 Å². The summed E-state index contributed by atoms with van der Waals surface area (Å²) in [7, 11) is 4.65. The summed E-state index contributed by atoms with van der Waals surface area (Å²) >= 11 is 0. The minimum Gasteiger partial charge on any atom is -0.353 e. The summed E-state index contributed by atoms with van der Waals surface area (Å²) in [5.41, 5.74) is 0. The monoisotopic (exact) mass is 332 g/mol. The molecule has 0 aromatic rings. The molecular weight excluding hydrogens is 291 g/mol. The van der Waals surface area contributed by atoms with E-state index in [0.717, 1.165) is 8.58 Å². The van der Waals surface area contributed by atoms with Gasteiger partial charge in [0.1, 0.15) is 0 Å². The summed E-state index contributed by atoms with van der Waals surface area (Å²) in [5.74, 6) is 0.794. The van der Waals surface area contributed by atoms with Crippen LogP contribution in [0, 0.1) is 11.8 Å². The first-order valence-corrected chi connectivity index (χ1v) is 11.0. The van der Waals surface area contributed by atoms with Crippen molar-refractivity contribution in [2.75, 3.05) is 27.0 Å². The molecule has 0 rings (SSSR count). The number of hydrogen-bond donors (Lipinski definition) is 0. The molecule has 0 heterocycles. The van der Waals surface area contributed by atoms with Crippen LogP contribution < -0.4 is 0 Å². The third kappa shape index (κ3) is 8.27. The van der Waals surface area contributed by atoms with Crippen molar-refractivity contribution < 1.29 is 9.47 Å². The highest BCUT2D eigenvalue weighted by Gasteiger charge is 2.38. The molecule has 3 unspecified atom stereocenters. The molecule has 22 heavy (non-hydrogen) atoms. The minimum atomic E-state index is -0.430. The summed E-state index contributed by atoms with van der Waals surface area (Å²) in [4.78, 5) is 0. The molecule has 3 atom stereocenters. The molecule has 0 saturated carbocycles. The molecule has 0 aliphatic rings. The first-order valence-electron chi connectivity index (χ1n) is 9.34. The third-order valence-corrected chi connectivity index (χ3v) is 6.05. The third-order valence-electron chi connectivity index (χ3n) is 5.20. The zero-order chi connectivity index (χ0) is 16.8. The highest BCUT2D eigenvalue weighted by Crippen LogP contribution is 2.37. The zero-order valence-electron chi connectivity index (χ0n) is 16.0. The lowest BCUT2D eigenvalue weighted by atomic mass is 9.78. The lowest BCUT2D eigenvalue weighted by Crippen LogP contribution is -2.43. The second-order valence-corrected chi connectivity index (χ2v) is 7.85. The van der Waals surface area contributed by atoms with Gasteiger partial charge in [-0.05, 0) is 44.9 Å². The molecule has 134 valence electrons. The number of ether oxygens (including phenoxy) is 2. The Balaban J connectivity index is 4.63. The molecule has 0 fully saturated rings. The van der Waals surface area contributed by atoms with Crippen molar-refractivity contribution >= 4 is 8.58 Å². The van der Waals surface area contributed by atoms with E-state index in [9.17, 15) is 0 Å². The van der Waals surface area contributed by atoms with Gasteiger partial charge < -0.3 is 9.47 Å². The van der Waals surface area contributed by atoms with Crippen molar-refractivity contribution in [1.82, 2.24) is 0 Å².